The Morgan fingerprint density at radius 3 is 2.68 bits per heavy atom. The van der Waals surface area contributed by atoms with Gasteiger partial charge in [0.2, 0.25) is 5.91 Å². The fraction of sp³-hybridized carbons (Fsp3) is 0.533. The molecule has 1 saturated heterocycles. The van der Waals surface area contributed by atoms with Crippen LogP contribution in [0.25, 0.3) is 0 Å². The first-order valence-corrected chi connectivity index (χ1v) is 6.94. The van der Waals surface area contributed by atoms with Crippen LogP contribution in [0.4, 0.5) is 0 Å². The molecule has 3 rings (SSSR count). The maximum atomic E-state index is 12.5. The number of ether oxygens (including phenoxy) is 1. The van der Waals surface area contributed by atoms with Crippen LogP contribution in [0.1, 0.15) is 30.9 Å². The van der Waals surface area contributed by atoms with Gasteiger partial charge >= 0.3 is 0 Å². The van der Waals surface area contributed by atoms with Crippen LogP contribution < -0.4 is 5.73 Å². The Labute approximate surface area is 113 Å². The van der Waals surface area contributed by atoms with Crippen molar-refractivity contribution in [3.05, 3.63) is 35.9 Å². The number of rotatable bonds is 2. The van der Waals surface area contributed by atoms with Gasteiger partial charge in [-0.15, -0.1) is 0 Å². The average molecular weight is 260 g/mol. The Bertz CT molecular complexity index is 456. The van der Waals surface area contributed by atoms with Crippen molar-refractivity contribution >= 4 is 5.91 Å². The number of benzene rings is 1. The molecule has 19 heavy (non-hydrogen) atoms. The molecule has 0 aromatic heterocycles. The zero-order valence-corrected chi connectivity index (χ0v) is 11.0. The second-order valence-corrected chi connectivity index (χ2v) is 5.53. The zero-order valence-electron chi connectivity index (χ0n) is 11.0. The summed E-state index contributed by atoms with van der Waals surface area (Å²) in [5, 5.41) is 0. The zero-order chi connectivity index (χ0) is 13.3. The van der Waals surface area contributed by atoms with E-state index in [9.17, 15) is 4.79 Å². The van der Waals surface area contributed by atoms with E-state index < -0.39 is 6.04 Å². The van der Waals surface area contributed by atoms with Crippen LogP contribution in [0.5, 0.6) is 0 Å². The van der Waals surface area contributed by atoms with Crippen molar-refractivity contribution < 1.29 is 9.53 Å². The summed E-state index contributed by atoms with van der Waals surface area (Å²) in [6.45, 7) is 1.99. The van der Waals surface area contributed by atoms with Gasteiger partial charge in [0, 0.05) is 13.1 Å². The molecule has 1 aliphatic carbocycles. The summed E-state index contributed by atoms with van der Waals surface area (Å²) in [5.41, 5.74) is 6.90. The average Bonchev–Trinajstić information content (AvgIpc) is 2.45. The Morgan fingerprint density at radius 1 is 1.32 bits per heavy atom. The Morgan fingerprint density at radius 2 is 2.05 bits per heavy atom. The number of carbonyl (C=O) groups is 1. The predicted molar refractivity (Wildman–Crippen MR) is 72.5 cm³/mol. The Kier molecular flexibility index (Phi) is 3.29. The van der Waals surface area contributed by atoms with Crippen LogP contribution in [-0.4, -0.2) is 36.1 Å². The molecule has 2 N–H and O–H groups in total. The topological polar surface area (TPSA) is 55.6 Å². The first-order chi connectivity index (χ1) is 9.20. The van der Waals surface area contributed by atoms with Crippen molar-refractivity contribution in [1.29, 1.82) is 0 Å². The molecule has 0 radical (unpaired) electrons. The summed E-state index contributed by atoms with van der Waals surface area (Å²) in [7, 11) is 0. The van der Waals surface area contributed by atoms with E-state index in [-0.39, 0.29) is 11.5 Å². The van der Waals surface area contributed by atoms with Gasteiger partial charge in [-0.3, -0.25) is 4.79 Å². The number of nitrogens with zero attached hydrogens (tertiary/aromatic N) is 1. The van der Waals surface area contributed by atoms with E-state index in [1.165, 1.54) is 6.42 Å². The molecule has 1 atom stereocenters. The van der Waals surface area contributed by atoms with Gasteiger partial charge in [0.1, 0.15) is 6.04 Å². The minimum absolute atomic E-state index is 0.0146. The normalized spacial score (nSPS) is 22.9. The third-order valence-corrected chi connectivity index (χ3v) is 4.25. The lowest BCUT2D eigenvalue weighted by Crippen LogP contribution is -2.58. The third-order valence-electron chi connectivity index (χ3n) is 4.25. The van der Waals surface area contributed by atoms with Crippen LogP contribution in [0, 0.1) is 0 Å². The summed E-state index contributed by atoms with van der Waals surface area (Å²) in [4.78, 5) is 14.3. The maximum Gasteiger partial charge on any atom is 0.244 e. The molecule has 0 bridgehead atoms. The van der Waals surface area contributed by atoms with Crippen LogP contribution in [-0.2, 0) is 9.53 Å². The lowest BCUT2D eigenvalue weighted by molar-refractivity contribution is -0.168. The molecule has 1 aromatic rings. The van der Waals surface area contributed by atoms with Crippen LogP contribution in [0.15, 0.2) is 30.3 Å². The highest BCUT2D eigenvalue weighted by Gasteiger charge is 2.43. The second kappa shape index (κ2) is 4.94. The number of hydrogen-bond donors (Lipinski definition) is 1. The quantitative estimate of drug-likeness (QED) is 0.876. The van der Waals surface area contributed by atoms with Crippen molar-refractivity contribution in [1.82, 2.24) is 4.90 Å². The van der Waals surface area contributed by atoms with Gasteiger partial charge in [-0.1, -0.05) is 30.3 Å². The summed E-state index contributed by atoms with van der Waals surface area (Å²) >= 11 is 0. The highest BCUT2D eigenvalue weighted by molar-refractivity contribution is 5.83. The monoisotopic (exact) mass is 260 g/mol. The van der Waals surface area contributed by atoms with Crippen LogP contribution in [0.3, 0.4) is 0 Å². The highest BCUT2D eigenvalue weighted by atomic mass is 16.5. The van der Waals surface area contributed by atoms with E-state index in [1.54, 1.807) is 0 Å². The molecule has 2 aliphatic rings. The van der Waals surface area contributed by atoms with Crippen molar-refractivity contribution in [3.8, 4) is 0 Å². The molecule has 2 fully saturated rings. The van der Waals surface area contributed by atoms with Crippen molar-refractivity contribution in [2.24, 2.45) is 5.73 Å². The lowest BCUT2D eigenvalue weighted by atomic mass is 9.78. The standard InChI is InChI=1S/C15H20N2O2/c16-13(12-5-2-1-3-6-12)14(18)17-9-10-19-15(11-17)7-4-8-15/h1-3,5-6,13H,4,7-11,16H2/t13-/m0/s1. The van der Waals surface area contributed by atoms with Gasteiger partial charge in [0.15, 0.2) is 0 Å². The number of amides is 1. The fourth-order valence-corrected chi connectivity index (χ4v) is 2.91. The largest absolute Gasteiger partial charge is 0.371 e. The molecule has 1 aliphatic heterocycles. The summed E-state index contributed by atoms with van der Waals surface area (Å²) in [6.07, 6.45) is 3.33. The minimum Gasteiger partial charge on any atom is -0.371 e. The first-order valence-electron chi connectivity index (χ1n) is 6.94. The number of hydrogen-bond acceptors (Lipinski definition) is 3. The molecular formula is C15H20N2O2. The van der Waals surface area contributed by atoms with Gasteiger partial charge < -0.3 is 15.4 Å². The van der Waals surface area contributed by atoms with E-state index >= 15 is 0 Å². The summed E-state index contributed by atoms with van der Waals surface area (Å²) in [6, 6.07) is 9.00. The van der Waals surface area contributed by atoms with Crippen molar-refractivity contribution in [2.45, 2.75) is 30.9 Å². The molecule has 102 valence electrons. The van der Waals surface area contributed by atoms with Gasteiger partial charge in [0.25, 0.3) is 0 Å². The summed E-state index contributed by atoms with van der Waals surface area (Å²) < 4.78 is 5.83. The van der Waals surface area contributed by atoms with Crippen molar-refractivity contribution in [3.63, 3.8) is 0 Å². The molecule has 1 saturated carbocycles. The second-order valence-electron chi connectivity index (χ2n) is 5.53. The van der Waals surface area contributed by atoms with Gasteiger partial charge in [-0.25, -0.2) is 0 Å². The van der Waals surface area contributed by atoms with Gasteiger partial charge in [-0.05, 0) is 24.8 Å². The minimum atomic E-state index is -0.559. The molecule has 1 amide bonds. The molecule has 1 spiro atoms. The summed E-state index contributed by atoms with van der Waals surface area (Å²) in [5.74, 6) is 0.0146. The smallest absolute Gasteiger partial charge is 0.244 e. The van der Waals surface area contributed by atoms with Gasteiger partial charge in [-0.2, -0.15) is 0 Å². The number of morpholine rings is 1. The maximum absolute atomic E-state index is 12.5. The third kappa shape index (κ3) is 2.38. The van der Waals surface area contributed by atoms with E-state index in [2.05, 4.69) is 0 Å². The molecule has 0 unspecified atom stereocenters. The van der Waals surface area contributed by atoms with E-state index in [0.29, 0.717) is 19.7 Å². The van der Waals surface area contributed by atoms with Gasteiger partial charge in [0.05, 0.1) is 12.2 Å². The van der Waals surface area contributed by atoms with E-state index in [0.717, 1.165) is 18.4 Å². The van der Waals surface area contributed by atoms with Crippen molar-refractivity contribution in [2.75, 3.05) is 19.7 Å². The Balaban J connectivity index is 1.69. The molecule has 1 aromatic carbocycles. The molecule has 1 heterocycles. The van der Waals surface area contributed by atoms with E-state index in [1.807, 2.05) is 35.2 Å². The Hall–Kier alpha value is -1.39. The predicted octanol–water partition coefficient (Wildman–Crippen LogP) is 1.47. The highest BCUT2D eigenvalue weighted by Crippen LogP contribution is 2.38. The number of nitrogens with two attached hydrogens (primary N) is 1. The van der Waals surface area contributed by atoms with Crippen LogP contribution in [0.2, 0.25) is 0 Å². The molecule has 4 heteroatoms. The molecular weight excluding hydrogens is 240 g/mol. The SMILES string of the molecule is N[C@H](C(=O)N1CCOC2(CCC2)C1)c1ccccc1. The fourth-order valence-electron chi connectivity index (χ4n) is 2.91. The van der Waals surface area contributed by atoms with E-state index in [4.69, 9.17) is 10.5 Å². The number of carbonyl (C=O) groups excluding carboxylic acids is 1. The molecule has 4 nitrogen and oxygen atoms in total. The lowest BCUT2D eigenvalue weighted by Gasteiger charge is -2.48. The van der Waals surface area contributed by atoms with Crippen LogP contribution >= 0.6 is 0 Å². The first kappa shape index (κ1) is 12.6.